The minimum absolute atomic E-state index is 0.144. The Balaban J connectivity index is 1.65. The lowest BCUT2D eigenvalue weighted by atomic mass is 10.1. The third-order valence-corrected chi connectivity index (χ3v) is 5.41. The van der Waals surface area contributed by atoms with Crippen LogP contribution in [0.15, 0.2) is 58.4 Å². The Bertz CT molecular complexity index is 973. The average molecular weight is 375 g/mol. The fraction of sp³-hybridized carbons (Fsp3) is 0.222. The molecule has 0 saturated carbocycles. The van der Waals surface area contributed by atoms with Gasteiger partial charge in [-0.2, -0.15) is 0 Å². The highest BCUT2D eigenvalue weighted by Crippen LogP contribution is 2.22. The number of carbonyl (C=O) groups excluding carboxylic acids is 1. The lowest BCUT2D eigenvalue weighted by molar-refractivity contribution is -0.121. The van der Waals surface area contributed by atoms with Gasteiger partial charge >= 0.3 is 0 Å². The Kier molecular flexibility index (Phi) is 5.03. The molecule has 1 amide bonds. The number of fused-ring (bicyclic) bond motifs is 1. The lowest BCUT2D eigenvalue weighted by Crippen LogP contribution is -2.35. The minimum atomic E-state index is -3.64. The molecule has 3 rings (SSSR count). The summed E-state index contributed by atoms with van der Waals surface area (Å²) in [5.41, 5.74) is 0.961. The van der Waals surface area contributed by atoms with E-state index >= 15 is 0 Å². The molecular weight excluding hydrogens is 357 g/mol. The zero-order chi connectivity index (χ0) is 18.7. The molecule has 1 heterocycles. The SMILES string of the molecule is C[C@H](N=C1NS(=O)(=O)c2ccccc21)C(=O)NCCc1ccccc1F. The number of nitrogens with one attached hydrogen (secondary N) is 2. The van der Waals surface area contributed by atoms with Crippen molar-refractivity contribution in [3.63, 3.8) is 0 Å². The Hall–Kier alpha value is -2.74. The van der Waals surface area contributed by atoms with E-state index in [9.17, 15) is 17.6 Å². The van der Waals surface area contributed by atoms with Crippen LogP contribution < -0.4 is 10.0 Å². The number of aliphatic imine (C=N–C) groups is 1. The van der Waals surface area contributed by atoms with Crippen molar-refractivity contribution in [1.82, 2.24) is 10.0 Å². The summed E-state index contributed by atoms with van der Waals surface area (Å²) in [6.07, 6.45) is 0.358. The molecule has 1 atom stereocenters. The van der Waals surface area contributed by atoms with Crippen LogP contribution in [0.4, 0.5) is 4.39 Å². The van der Waals surface area contributed by atoms with Gasteiger partial charge in [-0.15, -0.1) is 0 Å². The van der Waals surface area contributed by atoms with Crippen LogP contribution in [0.2, 0.25) is 0 Å². The first-order valence-corrected chi connectivity index (χ1v) is 9.58. The van der Waals surface area contributed by atoms with Crippen LogP contribution in [0, 0.1) is 5.82 Å². The summed E-state index contributed by atoms with van der Waals surface area (Å²) in [7, 11) is -3.64. The molecule has 136 valence electrons. The van der Waals surface area contributed by atoms with Crippen LogP contribution in [-0.4, -0.2) is 32.7 Å². The smallest absolute Gasteiger partial charge is 0.263 e. The second-order valence-corrected chi connectivity index (χ2v) is 7.54. The summed E-state index contributed by atoms with van der Waals surface area (Å²) >= 11 is 0. The third kappa shape index (κ3) is 3.75. The van der Waals surface area contributed by atoms with Crippen LogP contribution in [0.25, 0.3) is 0 Å². The fourth-order valence-corrected chi connectivity index (χ4v) is 3.89. The standard InChI is InChI=1S/C18H18FN3O3S/c1-12(18(23)20-11-10-13-6-2-4-8-15(13)19)21-17-14-7-3-5-9-16(14)26(24,25)22-17/h2-9,12H,10-11H2,1H3,(H,20,23)(H,21,22)/t12-/m0/s1. The number of hydrogen-bond donors (Lipinski definition) is 2. The molecule has 2 aromatic rings. The van der Waals surface area contributed by atoms with Gasteiger partial charge in [-0.05, 0) is 37.1 Å². The van der Waals surface area contributed by atoms with Gasteiger partial charge in [0.1, 0.15) is 17.7 Å². The quantitative estimate of drug-likeness (QED) is 0.832. The number of halogens is 1. The predicted octanol–water partition coefficient (Wildman–Crippen LogP) is 1.61. The maximum atomic E-state index is 13.6. The molecule has 0 fully saturated rings. The lowest BCUT2D eigenvalue weighted by Gasteiger charge is -2.10. The molecular formula is C18H18FN3O3S. The summed E-state index contributed by atoms with van der Waals surface area (Å²) in [6, 6.07) is 12.0. The summed E-state index contributed by atoms with van der Waals surface area (Å²) in [6.45, 7) is 1.83. The molecule has 1 aliphatic heterocycles. The van der Waals surface area contributed by atoms with Gasteiger partial charge in [0.15, 0.2) is 0 Å². The number of benzene rings is 2. The summed E-state index contributed by atoms with van der Waals surface area (Å²) < 4.78 is 40.0. The highest BCUT2D eigenvalue weighted by Gasteiger charge is 2.31. The molecule has 8 heteroatoms. The van der Waals surface area contributed by atoms with E-state index in [2.05, 4.69) is 15.0 Å². The highest BCUT2D eigenvalue weighted by atomic mass is 32.2. The number of carbonyl (C=O) groups is 1. The van der Waals surface area contributed by atoms with Gasteiger partial charge in [-0.25, -0.2) is 12.8 Å². The van der Waals surface area contributed by atoms with E-state index in [4.69, 9.17) is 0 Å². The van der Waals surface area contributed by atoms with E-state index in [1.165, 1.54) is 12.1 Å². The van der Waals surface area contributed by atoms with Gasteiger partial charge in [0.2, 0.25) is 5.91 Å². The van der Waals surface area contributed by atoms with E-state index in [0.717, 1.165) is 0 Å². The summed E-state index contributed by atoms with van der Waals surface area (Å²) in [4.78, 5) is 16.5. The average Bonchev–Trinajstić information content (AvgIpc) is 2.87. The van der Waals surface area contributed by atoms with Gasteiger partial charge in [0.05, 0.1) is 4.90 Å². The topological polar surface area (TPSA) is 87.6 Å². The Morgan fingerprint density at radius 2 is 1.88 bits per heavy atom. The van der Waals surface area contributed by atoms with Crippen LogP contribution in [0.1, 0.15) is 18.1 Å². The minimum Gasteiger partial charge on any atom is -0.354 e. The van der Waals surface area contributed by atoms with E-state index in [1.807, 2.05) is 0 Å². The first-order valence-electron chi connectivity index (χ1n) is 8.09. The molecule has 2 N–H and O–H groups in total. The number of amides is 1. The normalized spacial score (nSPS) is 17.4. The van der Waals surface area contributed by atoms with E-state index in [1.54, 1.807) is 43.3 Å². The van der Waals surface area contributed by atoms with Crippen LogP contribution >= 0.6 is 0 Å². The molecule has 0 spiro atoms. The molecule has 2 aromatic carbocycles. The zero-order valence-corrected chi connectivity index (χ0v) is 14.9. The molecule has 0 radical (unpaired) electrons. The molecule has 26 heavy (non-hydrogen) atoms. The van der Waals surface area contributed by atoms with Crippen molar-refractivity contribution in [2.75, 3.05) is 6.54 Å². The predicted molar refractivity (Wildman–Crippen MR) is 95.9 cm³/mol. The molecule has 1 aliphatic rings. The Morgan fingerprint density at radius 3 is 2.65 bits per heavy atom. The van der Waals surface area contributed by atoms with Gasteiger partial charge in [-0.1, -0.05) is 30.3 Å². The third-order valence-electron chi connectivity index (χ3n) is 4.02. The number of amidine groups is 1. The largest absolute Gasteiger partial charge is 0.354 e. The first-order chi connectivity index (χ1) is 12.4. The molecule has 0 aliphatic carbocycles. The molecule has 0 saturated heterocycles. The molecule has 0 aromatic heterocycles. The van der Waals surface area contributed by atoms with Gasteiger partial charge in [0.25, 0.3) is 10.0 Å². The van der Waals surface area contributed by atoms with Crippen molar-refractivity contribution in [3.05, 3.63) is 65.5 Å². The maximum Gasteiger partial charge on any atom is 0.263 e. The van der Waals surface area contributed by atoms with Crippen molar-refractivity contribution in [1.29, 1.82) is 0 Å². The summed E-state index contributed by atoms with van der Waals surface area (Å²) in [5.74, 6) is -0.526. The molecule has 0 bridgehead atoms. The number of nitrogens with zero attached hydrogens (tertiary/aromatic N) is 1. The number of sulfonamides is 1. The Labute approximate surface area is 151 Å². The van der Waals surface area contributed by atoms with Crippen LogP contribution in [-0.2, 0) is 21.2 Å². The van der Waals surface area contributed by atoms with Gasteiger partial charge in [0, 0.05) is 12.1 Å². The van der Waals surface area contributed by atoms with E-state index in [0.29, 0.717) is 17.5 Å². The Morgan fingerprint density at radius 1 is 1.19 bits per heavy atom. The van der Waals surface area contributed by atoms with Crippen molar-refractivity contribution >= 4 is 21.8 Å². The van der Waals surface area contributed by atoms with Crippen molar-refractivity contribution in [3.8, 4) is 0 Å². The van der Waals surface area contributed by atoms with Crippen molar-refractivity contribution in [2.45, 2.75) is 24.3 Å². The van der Waals surface area contributed by atoms with Crippen LogP contribution in [0.5, 0.6) is 0 Å². The first kappa shape index (κ1) is 18.1. The highest BCUT2D eigenvalue weighted by molar-refractivity contribution is 7.90. The van der Waals surface area contributed by atoms with E-state index in [-0.39, 0.29) is 29.0 Å². The van der Waals surface area contributed by atoms with Gasteiger partial charge < -0.3 is 5.32 Å². The number of hydrogen-bond acceptors (Lipinski definition) is 4. The molecule has 6 nitrogen and oxygen atoms in total. The van der Waals surface area contributed by atoms with Gasteiger partial charge in [-0.3, -0.25) is 14.5 Å². The maximum absolute atomic E-state index is 13.6. The molecule has 0 unspecified atom stereocenters. The second kappa shape index (κ2) is 7.25. The van der Waals surface area contributed by atoms with Crippen LogP contribution in [0.3, 0.4) is 0 Å². The van der Waals surface area contributed by atoms with E-state index < -0.39 is 16.1 Å². The second-order valence-electron chi connectivity index (χ2n) is 5.89. The monoisotopic (exact) mass is 375 g/mol. The number of rotatable bonds is 5. The van der Waals surface area contributed by atoms with Crippen molar-refractivity contribution < 1.29 is 17.6 Å². The fourth-order valence-electron chi connectivity index (χ4n) is 2.65. The zero-order valence-electron chi connectivity index (χ0n) is 14.1. The van der Waals surface area contributed by atoms with Crippen molar-refractivity contribution in [2.24, 2.45) is 4.99 Å². The summed E-state index contributed by atoms with van der Waals surface area (Å²) in [5, 5.41) is 2.69.